The molecular weight excluding hydrogens is 312 g/mol. The molecule has 104 valence electrons. The number of rotatable bonds is 6. The van der Waals surface area contributed by atoms with Crippen LogP contribution in [0.15, 0.2) is 16.6 Å². The SMILES string of the molecule is CCOc1cc(OC)c(Br)cc1C1(CC(=O)O)CC1. The van der Waals surface area contributed by atoms with Gasteiger partial charge in [0.05, 0.1) is 24.6 Å². The van der Waals surface area contributed by atoms with Crippen LogP contribution in [0.2, 0.25) is 0 Å². The molecule has 1 aromatic rings. The second-order valence-corrected chi connectivity index (χ2v) is 5.62. The lowest BCUT2D eigenvalue weighted by Crippen LogP contribution is -2.15. The summed E-state index contributed by atoms with van der Waals surface area (Å²) in [5.41, 5.74) is 0.690. The van der Waals surface area contributed by atoms with E-state index in [0.29, 0.717) is 12.4 Å². The van der Waals surface area contributed by atoms with E-state index in [1.807, 2.05) is 19.1 Å². The van der Waals surface area contributed by atoms with Gasteiger partial charge in [0, 0.05) is 17.0 Å². The van der Waals surface area contributed by atoms with Crippen molar-refractivity contribution in [1.82, 2.24) is 0 Å². The summed E-state index contributed by atoms with van der Waals surface area (Å²) in [4.78, 5) is 11.0. The highest BCUT2D eigenvalue weighted by atomic mass is 79.9. The highest BCUT2D eigenvalue weighted by Crippen LogP contribution is 2.55. The Morgan fingerprint density at radius 3 is 2.58 bits per heavy atom. The first-order chi connectivity index (χ1) is 9.02. The third-order valence-electron chi connectivity index (χ3n) is 3.47. The van der Waals surface area contributed by atoms with Crippen molar-refractivity contribution in [2.45, 2.75) is 31.6 Å². The van der Waals surface area contributed by atoms with Crippen molar-refractivity contribution in [3.63, 3.8) is 0 Å². The van der Waals surface area contributed by atoms with E-state index in [1.54, 1.807) is 7.11 Å². The van der Waals surface area contributed by atoms with Crippen molar-refractivity contribution in [1.29, 1.82) is 0 Å². The van der Waals surface area contributed by atoms with E-state index in [1.165, 1.54) is 0 Å². The number of aliphatic carboxylic acids is 1. The molecule has 0 amide bonds. The number of hydrogen-bond donors (Lipinski definition) is 1. The number of halogens is 1. The average molecular weight is 329 g/mol. The molecule has 1 saturated carbocycles. The molecule has 0 heterocycles. The Morgan fingerprint density at radius 2 is 2.11 bits per heavy atom. The standard InChI is InChI=1S/C14H17BrO4/c1-3-19-11-7-12(18-2)10(15)6-9(11)14(4-5-14)8-13(16)17/h6-7H,3-5,8H2,1-2H3,(H,16,17). The first-order valence-corrected chi connectivity index (χ1v) is 7.04. The quantitative estimate of drug-likeness (QED) is 0.869. The lowest BCUT2D eigenvalue weighted by Gasteiger charge is -2.19. The second-order valence-electron chi connectivity index (χ2n) is 4.77. The van der Waals surface area contributed by atoms with Gasteiger partial charge in [-0.15, -0.1) is 0 Å². The molecule has 19 heavy (non-hydrogen) atoms. The fourth-order valence-corrected chi connectivity index (χ4v) is 2.87. The third-order valence-corrected chi connectivity index (χ3v) is 4.09. The van der Waals surface area contributed by atoms with E-state index in [9.17, 15) is 4.79 Å². The number of hydrogen-bond acceptors (Lipinski definition) is 3. The van der Waals surface area contributed by atoms with Crippen LogP contribution in [0, 0.1) is 0 Å². The molecule has 1 N–H and O–H groups in total. The molecule has 5 heteroatoms. The smallest absolute Gasteiger partial charge is 0.304 e. The van der Waals surface area contributed by atoms with Gasteiger partial charge in [-0.25, -0.2) is 0 Å². The molecule has 1 aromatic carbocycles. The molecule has 0 spiro atoms. The predicted octanol–water partition coefficient (Wildman–Crippen LogP) is 3.36. The van der Waals surface area contributed by atoms with Crippen LogP contribution in [-0.2, 0) is 10.2 Å². The van der Waals surface area contributed by atoms with E-state index >= 15 is 0 Å². The van der Waals surface area contributed by atoms with Crippen LogP contribution < -0.4 is 9.47 Å². The van der Waals surface area contributed by atoms with Crippen molar-refractivity contribution < 1.29 is 19.4 Å². The van der Waals surface area contributed by atoms with Crippen LogP contribution in [-0.4, -0.2) is 24.8 Å². The largest absolute Gasteiger partial charge is 0.495 e. The predicted molar refractivity (Wildman–Crippen MR) is 75.0 cm³/mol. The van der Waals surface area contributed by atoms with Gasteiger partial charge in [-0.2, -0.15) is 0 Å². The van der Waals surface area contributed by atoms with Crippen molar-refractivity contribution in [3.8, 4) is 11.5 Å². The van der Waals surface area contributed by atoms with Gasteiger partial charge in [-0.3, -0.25) is 4.79 Å². The van der Waals surface area contributed by atoms with Crippen LogP contribution in [0.5, 0.6) is 11.5 Å². The zero-order valence-electron chi connectivity index (χ0n) is 11.0. The molecule has 0 unspecified atom stereocenters. The van der Waals surface area contributed by atoms with Crippen molar-refractivity contribution in [2.24, 2.45) is 0 Å². The fourth-order valence-electron chi connectivity index (χ4n) is 2.36. The maximum atomic E-state index is 11.0. The van der Waals surface area contributed by atoms with E-state index in [4.69, 9.17) is 14.6 Å². The molecule has 0 aromatic heterocycles. The maximum absolute atomic E-state index is 11.0. The molecule has 0 bridgehead atoms. The zero-order chi connectivity index (χ0) is 14.0. The highest BCUT2D eigenvalue weighted by molar-refractivity contribution is 9.10. The fraction of sp³-hybridized carbons (Fsp3) is 0.500. The molecule has 0 atom stereocenters. The molecule has 1 aliphatic carbocycles. The molecule has 1 fully saturated rings. The van der Waals surface area contributed by atoms with Gasteiger partial charge in [0.25, 0.3) is 0 Å². The van der Waals surface area contributed by atoms with Crippen LogP contribution in [0.4, 0.5) is 0 Å². The van der Waals surface area contributed by atoms with E-state index in [0.717, 1.165) is 28.6 Å². The number of carbonyl (C=O) groups is 1. The summed E-state index contributed by atoms with van der Waals surface area (Å²) < 4.78 is 11.7. The van der Waals surface area contributed by atoms with Crippen LogP contribution in [0.25, 0.3) is 0 Å². The molecule has 1 aliphatic rings. The molecular formula is C14H17BrO4. The topological polar surface area (TPSA) is 55.8 Å². The molecule has 2 rings (SSSR count). The Hall–Kier alpha value is -1.23. The minimum Gasteiger partial charge on any atom is -0.495 e. The number of benzene rings is 1. The lowest BCUT2D eigenvalue weighted by molar-refractivity contribution is -0.137. The van der Waals surface area contributed by atoms with Crippen LogP contribution >= 0.6 is 15.9 Å². The average Bonchev–Trinajstić information content (AvgIpc) is 3.11. The van der Waals surface area contributed by atoms with E-state index in [-0.39, 0.29) is 11.8 Å². The summed E-state index contributed by atoms with van der Waals surface area (Å²) in [5.74, 6) is 0.645. The minimum absolute atomic E-state index is 0.145. The van der Waals surface area contributed by atoms with E-state index < -0.39 is 5.97 Å². The number of carboxylic acids is 1. The maximum Gasteiger partial charge on any atom is 0.304 e. The Morgan fingerprint density at radius 1 is 1.42 bits per heavy atom. The van der Waals surface area contributed by atoms with Gasteiger partial charge < -0.3 is 14.6 Å². The van der Waals surface area contributed by atoms with Gasteiger partial charge in [-0.1, -0.05) is 0 Å². The zero-order valence-corrected chi connectivity index (χ0v) is 12.6. The minimum atomic E-state index is -0.771. The van der Waals surface area contributed by atoms with E-state index in [2.05, 4.69) is 15.9 Å². The number of ether oxygens (including phenoxy) is 2. The summed E-state index contributed by atoms with van der Waals surface area (Å²) in [5, 5.41) is 9.06. The normalized spacial score (nSPS) is 15.9. The third kappa shape index (κ3) is 2.86. The monoisotopic (exact) mass is 328 g/mol. The van der Waals surface area contributed by atoms with Gasteiger partial charge in [0.1, 0.15) is 11.5 Å². The number of carboxylic acid groups (broad SMARTS) is 1. The molecule has 0 aliphatic heterocycles. The molecule has 0 saturated heterocycles. The number of methoxy groups -OCH3 is 1. The van der Waals surface area contributed by atoms with Crippen LogP contribution in [0.3, 0.4) is 0 Å². The first-order valence-electron chi connectivity index (χ1n) is 6.25. The Balaban J connectivity index is 2.43. The Labute approximate surface area is 120 Å². The molecule has 0 radical (unpaired) electrons. The summed E-state index contributed by atoms with van der Waals surface area (Å²) >= 11 is 3.45. The first kappa shape index (κ1) is 14.2. The van der Waals surface area contributed by atoms with Gasteiger partial charge in [-0.05, 0) is 41.8 Å². The highest BCUT2D eigenvalue weighted by Gasteiger charge is 2.48. The summed E-state index contributed by atoms with van der Waals surface area (Å²) in [6.45, 7) is 2.45. The van der Waals surface area contributed by atoms with Crippen molar-refractivity contribution in [2.75, 3.05) is 13.7 Å². The van der Waals surface area contributed by atoms with Crippen LogP contribution in [0.1, 0.15) is 31.7 Å². The second kappa shape index (κ2) is 5.41. The van der Waals surface area contributed by atoms with Crippen molar-refractivity contribution >= 4 is 21.9 Å². The van der Waals surface area contributed by atoms with Gasteiger partial charge in [0.15, 0.2) is 0 Å². The van der Waals surface area contributed by atoms with Crippen molar-refractivity contribution in [3.05, 3.63) is 22.2 Å². The Bertz CT molecular complexity index is 494. The van der Waals surface area contributed by atoms with Gasteiger partial charge >= 0.3 is 5.97 Å². The summed E-state index contributed by atoms with van der Waals surface area (Å²) in [6.07, 6.45) is 1.92. The molecule has 4 nitrogen and oxygen atoms in total. The summed E-state index contributed by atoms with van der Waals surface area (Å²) in [6, 6.07) is 3.75. The summed E-state index contributed by atoms with van der Waals surface area (Å²) in [7, 11) is 1.60. The lowest BCUT2D eigenvalue weighted by atomic mass is 9.91. The Kier molecular flexibility index (Phi) is 4.04. The van der Waals surface area contributed by atoms with Gasteiger partial charge in [0.2, 0.25) is 0 Å².